The lowest BCUT2D eigenvalue weighted by atomic mass is 10.2. The number of rotatable bonds is 2. The van der Waals surface area contributed by atoms with Crippen molar-refractivity contribution in [3.63, 3.8) is 0 Å². The molecule has 2 rings (SSSR count). The fourth-order valence-corrected chi connectivity index (χ4v) is 2.30. The Morgan fingerprint density at radius 3 is 2.57 bits per heavy atom. The van der Waals surface area contributed by atoms with Crippen LogP contribution >= 0.6 is 11.8 Å². The molecule has 1 aliphatic rings. The number of nitrogens with one attached hydrogen (secondary N) is 1. The lowest BCUT2D eigenvalue weighted by molar-refractivity contribution is -0.137. The summed E-state index contributed by atoms with van der Waals surface area (Å²) in [6, 6.07) is 2.16. The molecule has 1 aromatic carbocycles. The van der Waals surface area contributed by atoms with Crippen molar-refractivity contribution in [3.8, 4) is 0 Å². The normalized spacial score (nSPS) is 19.8. The number of anilines is 1. The molecule has 1 heterocycles. The van der Waals surface area contributed by atoms with Crippen molar-refractivity contribution >= 4 is 29.5 Å². The zero-order valence-electron chi connectivity index (χ0n) is 10.7. The Balaban J connectivity index is 2.38. The maximum absolute atomic E-state index is 12.7. The zero-order valence-corrected chi connectivity index (χ0v) is 11.5. The van der Waals surface area contributed by atoms with Crippen LogP contribution in [-0.2, 0) is 6.18 Å². The number of halogens is 3. The smallest absolute Gasteiger partial charge is 0.307 e. The molecule has 1 atom stereocenters. The molecule has 0 saturated carbocycles. The second kappa shape index (κ2) is 5.45. The van der Waals surface area contributed by atoms with E-state index < -0.39 is 29.3 Å². The van der Waals surface area contributed by atoms with E-state index in [1.165, 1.54) is 6.07 Å². The van der Waals surface area contributed by atoms with Gasteiger partial charge >= 0.3 is 18.2 Å². The van der Waals surface area contributed by atoms with Gasteiger partial charge in [-0.05, 0) is 24.5 Å². The molecule has 0 spiro atoms. The number of amides is 4. The molecule has 1 fully saturated rings. The number of nitrogens with zero attached hydrogens (tertiary/aromatic N) is 2. The Labute approximate surface area is 122 Å². The molecule has 0 radical (unpaired) electrons. The van der Waals surface area contributed by atoms with Gasteiger partial charge < -0.3 is 5.32 Å². The molecule has 1 aromatic rings. The minimum Gasteiger partial charge on any atom is -0.307 e. The first-order valence-electron chi connectivity index (χ1n) is 5.64. The Hall–Kier alpha value is -1.94. The molecule has 0 aromatic heterocycles. The van der Waals surface area contributed by atoms with E-state index >= 15 is 0 Å². The second-order valence-electron chi connectivity index (χ2n) is 4.11. The summed E-state index contributed by atoms with van der Waals surface area (Å²) in [7, 11) is 0. The van der Waals surface area contributed by atoms with Crippen LogP contribution in [0.2, 0.25) is 0 Å². The van der Waals surface area contributed by atoms with Gasteiger partial charge in [0.25, 0.3) is 0 Å². The predicted molar refractivity (Wildman–Crippen MR) is 71.2 cm³/mol. The van der Waals surface area contributed by atoms with Crippen molar-refractivity contribution in [2.45, 2.75) is 11.7 Å². The fourth-order valence-electron chi connectivity index (χ4n) is 1.76. The second-order valence-corrected chi connectivity index (χ2v) is 5.03. The molecule has 10 heteroatoms. The van der Waals surface area contributed by atoms with Crippen LogP contribution in [0.1, 0.15) is 5.56 Å². The van der Waals surface area contributed by atoms with Crippen LogP contribution in [0.5, 0.6) is 0 Å². The van der Waals surface area contributed by atoms with E-state index in [0.717, 1.165) is 28.9 Å². The first-order chi connectivity index (χ1) is 9.75. The van der Waals surface area contributed by atoms with Crippen molar-refractivity contribution in [1.29, 1.82) is 0 Å². The van der Waals surface area contributed by atoms with E-state index in [1.54, 1.807) is 6.26 Å². The summed E-state index contributed by atoms with van der Waals surface area (Å²) < 4.78 is 38.0. The minimum atomic E-state index is -4.57. The van der Waals surface area contributed by atoms with Gasteiger partial charge in [-0.3, -0.25) is 0 Å². The van der Waals surface area contributed by atoms with Crippen LogP contribution in [0.25, 0.3) is 0 Å². The number of carbonyl (C=O) groups excluding carboxylic acids is 2. The Kier molecular flexibility index (Phi) is 4.01. The highest BCUT2D eigenvalue weighted by molar-refractivity contribution is 7.99. The van der Waals surface area contributed by atoms with Crippen LogP contribution in [0.4, 0.5) is 28.4 Å². The van der Waals surface area contributed by atoms with Crippen LogP contribution in [0.3, 0.4) is 0 Å². The van der Waals surface area contributed by atoms with Crippen molar-refractivity contribution in [1.82, 2.24) is 10.3 Å². The number of hydrogen-bond donors (Lipinski definition) is 2. The topological polar surface area (TPSA) is 78.7 Å². The summed E-state index contributed by atoms with van der Waals surface area (Å²) in [5.41, 5.74) is -1.94. The average Bonchev–Trinajstić information content (AvgIpc) is 2.42. The van der Waals surface area contributed by atoms with E-state index in [2.05, 4.69) is 5.32 Å². The standard InChI is InChI=1S/C11H11F3N4O2S/c1-21-9-16-8(19)17(10(20)18(9)15)7-4-2-3-6(5-7)11(12,13)14/h2-5,9H,15H2,1H3,(H,16,19). The summed E-state index contributed by atoms with van der Waals surface area (Å²) in [4.78, 5) is 24.5. The number of hydrazine groups is 1. The summed E-state index contributed by atoms with van der Waals surface area (Å²) in [6.45, 7) is 0. The molecule has 0 bridgehead atoms. The van der Waals surface area contributed by atoms with Crippen molar-refractivity contribution in [2.75, 3.05) is 11.2 Å². The van der Waals surface area contributed by atoms with Crippen molar-refractivity contribution in [2.24, 2.45) is 5.84 Å². The highest BCUT2D eigenvalue weighted by Gasteiger charge is 2.39. The highest BCUT2D eigenvalue weighted by atomic mass is 32.2. The van der Waals surface area contributed by atoms with Crippen LogP contribution in [0, 0.1) is 0 Å². The number of alkyl halides is 3. The van der Waals surface area contributed by atoms with Gasteiger partial charge in [-0.1, -0.05) is 6.07 Å². The monoisotopic (exact) mass is 320 g/mol. The molecule has 6 nitrogen and oxygen atoms in total. The minimum absolute atomic E-state index is 0.206. The largest absolute Gasteiger partial charge is 0.416 e. The van der Waals surface area contributed by atoms with Crippen LogP contribution in [0.15, 0.2) is 24.3 Å². The van der Waals surface area contributed by atoms with Gasteiger partial charge in [-0.15, -0.1) is 11.8 Å². The number of thioether (sulfide) groups is 1. The number of urea groups is 2. The molecule has 114 valence electrons. The number of hydrogen-bond acceptors (Lipinski definition) is 4. The zero-order chi connectivity index (χ0) is 15.8. The molecule has 1 unspecified atom stereocenters. The third-order valence-electron chi connectivity index (χ3n) is 2.77. The lowest BCUT2D eigenvalue weighted by Gasteiger charge is -2.37. The molecule has 1 saturated heterocycles. The van der Waals surface area contributed by atoms with Gasteiger partial charge in [0, 0.05) is 0 Å². The molecular formula is C11H11F3N4O2S. The highest BCUT2D eigenvalue weighted by Crippen LogP contribution is 2.32. The maximum Gasteiger partial charge on any atom is 0.416 e. The number of nitrogens with two attached hydrogens (primary N) is 1. The van der Waals surface area contributed by atoms with Crippen LogP contribution < -0.4 is 16.1 Å². The first-order valence-corrected chi connectivity index (χ1v) is 6.93. The van der Waals surface area contributed by atoms with Crippen LogP contribution in [-0.4, -0.2) is 28.8 Å². The van der Waals surface area contributed by atoms with Gasteiger partial charge in [0.1, 0.15) is 0 Å². The lowest BCUT2D eigenvalue weighted by Crippen LogP contribution is -2.66. The van der Waals surface area contributed by atoms with Gasteiger partial charge in [0.2, 0.25) is 0 Å². The van der Waals surface area contributed by atoms with Crippen molar-refractivity contribution < 1.29 is 22.8 Å². The Morgan fingerprint density at radius 1 is 1.33 bits per heavy atom. The maximum atomic E-state index is 12.7. The molecule has 1 aliphatic heterocycles. The summed E-state index contributed by atoms with van der Waals surface area (Å²) in [5, 5.41) is 3.14. The number of carbonyl (C=O) groups is 2. The third-order valence-corrected chi connectivity index (χ3v) is 3.56. The SMILES string of the molecule is CSC1NC(=O)N(c2cccc(C(F)(F)F)c2)C(=O)N1N. The number of benzene rings is 1. The molecule has 0 aliphatic carbocycles. The van der Waals surface area contributed by atoms with E-state index in [4.69, 9.17) is 5.84 Å². The van der Waals surface area contributed by atoms with Gasteiger partial charge in [0.05, 0.1) is 11.3 Å². The average molecular weight is 320 g/mol. The quantitative estimate of drug-likeness (QED) is 0.647. The summed E-state index contributed by atoms with van der Waals surface area (Å²) in [5.74, 6) is 5.53. The number of imide groups is 1. The van der Waals surface area contributed by atoms with E-state index in [9.17, 15) is 22.8 Å². The molecule has 21 heavy (non-hydrogen) atoms. The van der Waals surface area contributed by atoms with Gasteiger partial charge in [0.15, 0.2) is 5.50 Å². The molecule has 4 amide bonds. The van der Waals surface area contributed by atoms with Crippen molar-refractivity contribution in [3.05, 3.63) is 29.8 Å². The molecular weight excluding hydrogens is 309 g/mol. The summed E-state index contributed by atoms with van der Waals surface area (Å²) in [6.07, 6.45) is -2.95. The van der Waals surface area contributed by atoms with Gasteiger partial charge in [-0.2, -0.15) is 13.2 Å². The predicted octanol–water partition coefficient (Wildman–Crippen LogP) is 2.18. The third kappa shape index (κ3) is 2.90. The van der Waals surface area contributed by atoms with Gasteiger partial charge in [-0.25, -0.2) is 25.3 Å². The molecule has 3 N–H and O–H groups in total. The fraction of sp³-hybridized carbons (Fsp3) is 0.273. The van der Waals surface area contributed by atoms with E-state index in [-0.39, 0.29) is 5.69 Å². The summed E-state index contributed by atoms with van der Waals surface area (Å²) >= 11 is 1.11. The van der Waals surface area contributed by atoms with E-state index in [1.807, 2.05) is 0 Å². The first kappa shape index (κ1) is 15.4. The Morgan fingerprint density at radius 2 is 2.00 bits per heavy atom. The van der Waals surface area contributed by atoms with E-state index in [0.29, 0.717) is 11.0 Å². The Bertz CT molecular complexity index is 581.